The number of benzene rings is 3. The Morgan fingerprint density at radius 2 is 1.59 bits per heavy atom. The molecule has 0 saturated carbocycles. The smallest absolute Gasteiger partial charge is 0.303 e. The van der Waals surface area contributed by atoms with Gasteiger partial charge in [-0.15, -0.1) is 0 Å². The van der Waals surface area contributed by atoms with Crippen molar-refractivity contribution in [1.82, 2.24) is 0 Å². The first-order valence-corrected chi connectivity index (χ1v) is 21.8. The van der Waals surface area contributed by atoms with E-state index in [0.29, 0.717) is 24.9 Å². The van der Waals surface area contributed by atoms with Gasteiger partial charge in [0.1, 0.15) is 15.1 Å². The fourth-order valence-electron chi connectivity index (χ4n) is 6.60. The Morgan fingerprint density at radius 3 is 2.24 bits per heavy atom. The molecule has 0 amide bonds. The standard InChI is InChI=1S/C36H40N2O8S2Si/c1-37(23-25-13-17-29(18-14-25)47(41,42)43)27-15-19-31-30(10-6-8-12-36(39)40)32-20-16-28(22-35(32)49(3,4)34(31)21-27)38(2)24-26-9-5-7-11-33(26)48(44,45)46/h5,7,9,11,13-22H,6,8,10,12,23-24H2,1-4H3,(H2-,39,40,41,42,43,44,45,46)/p+1. The molecule has 2 aliphatic rings. The molecule has 10 nitrogen and oxygen atoms in total. The van der Waals surface area contributed by atoms with Gasteiger partial charge >= 0.3 is 5.97 Å². The fraction of sp³-hybridized carbons (Fsp3) is 0.278. The van der Waals surface area contributed by atoms with E-state index in [2.05, 4.69) is 48.0 Å². The number of carbonyl (C=O) groups is 1. The number of aliphatic carboxylic acids is 1. The molecule has 5 rings (SSSR count). The second kappa shape index (κ2) is 14.0. The Morgan fingerprint density at radius 1 is 0.898 bits per heavy atom. The lowest BCUT2D eigenvalue weighted by atomic mass is 9.91. The normalized spacial score (nSPS) is 16.5. The first-order chi connectivity index (χ1) is 23.0. The van der Waals surface area contributed by atoms with E-state index in [9.17, 15) is 35.8 Å². The Labute approximate surface area is 288 Å². The summed E-state index contributed by atoms with van der Waals surface area (Å²) in [4.78, 5) is 12.9. The van der Waals surface area contributed by atoms with E-state index in [-0.39, 0.29) is 22.8 Å². The van der Waals surface area contributed by atoms with Gasteiger partial charge in [0.05, 0.1) is 9.79 Å². The lowest BCUT2D eigenvalue weighted by Gasteiger charge is -2.38. The van der Waals surface area contributed by atoms with Gasteiger partial charge < -0.3 is 10.0 Å². The number of nitrogens with zero attached hydrogens (tertiary/aromatic N) is 2. The van der Waals surface area contributed by atoms with Gasteiger partial charge in [-0.2, -0.15) is 16.8 Å². The zero-order valence-electron chi connectivity index (χ0n) is 27.9. The highest BCUT2D eigenvalue weighted by Crippen LogP contribution is 2.41. The molecule has 0 bridgehead atoms. The first kappa shape index (κ1) is 36.1. The Hall–Kier alpha value is -4.14. The summed E-state index contributed by atoms with van der Waals surface area (Å²) in [6.07, 6.45) is 8.56. The molecular weight excluding hydrogens is 681 g/mol. The van der Waals surface area contributed by atoms with Gasteiger partial charge in [0.25, 0.3) is 20.2 Å². The van der Waals surface area contributed by atoms with Crippen molar-refractivity contribution in [2.24, 2.45) is 0 Å². The van der Waals surface area contributed by atoms with Gasteiger partial charge in [0, 0.05) is 43.4 Å². The molecule has 3 aromatic carbocycles. The van der Waals surface area contributed by atoms with Crippen molar-refractivity contribution in [3.63, 3.8) is 0 Å². The third kappa shape index (κ3) is 8.02. The summed E-state index contributed by atoms with van der Waals surface area (Å²) < 4.78 is 68.3. The van der Waals surface area contributed by atoms with Crippen LogP contribution in [0.4, 0.5) is 5.69 Å². The number of hydrogen-bond acceptors (Lipinski definition) is 6. The molecule has 0 atom stereocenters. The van der Waals surface area contributed by atoms with Crippen LogP contribution in [0.5, 0.6) is 0 Å². The summed E-state index contributed by atoms with van der Waals surface area (Å²) in [7, 11) is -7.15. The Bertz CT molecular complexity index is 2150. The van der Waals surface area contributed by atoms with Gasteiger partial charge in [-0.3, -0.25) is 13.9 Å². The van der Waals surface area contributed by atoms with Crippen LogP contribution in [0.15, 0.2) is 106 Å². The largest absolute Gasteiger partial charge is 0.481 e. The van der Waals surface area contributed by atoms with E-state index >= 15 is 0 Å². The van der Waals surface area contributed by atoms with Gasteiger partial charge in [0.15, 0.2) is 12.3 Å². The van der Waals surface area contributed by atoms with Crippen LogP contribution in [-0.2, 0) is 38.1 Å². The van der Waals surface area contributed by atoms with Crippen LogP contribution < -0.4 is 10.1 Å². The molecule has 258 valence electrons. The van der Waals surface area contributed by atoms with Crippen molar-refractivity contribution in [2.45, 2.75) is 61.7 Å². The minimum atomic E-state index is -4.39. The molecular formula is C36H41N2O8S2Si+. The molecule has 0 fully saturated rings. The average molecular weight is 722 g/mol. The van der Waals surface area contributed by atoms with Crippen LogP contribution in [0.1, 0.15) is 42.4 Å². The summed E-state index contributed by atoms with van der Waals surface area (Å²) in [5.74, 6) is -0.813. The molecule has 3 aromatic rings. The van der Waals surface area contributed by atoms with Gasteiger partial charge in [-0.05, 0) is 88.3 Å². The van der Waals surface area contributed by atoms with Gasteiger partial charge in [-0.1, -0.05) is 49.5 Å². The van der Waals surface area contributed by atoms with Crippen LogP contribution >= 0.6 is 0 Å². The monoisotopic (exact) mass is 721 g/mol. The molecule has 0 aromatic heterocycles. The number of carboxylic acid groups (broad SMARTS) is 1. The fourth-order valence-corrected chi connectivity index (χ4v) is 10.9. The zero-order valence-corrected chi connectivity index (χ0v) is 30.6. The van der Waals surface area contributed by atoms with E-state index in [1.807, 2.05) is 25.1 Å². The third-order valence-electron chi connectivity index (χ3n) is 9.25. The lowest BCUT2D eigenvalue weighted by Crippen LogP contribution is -2.49. The number of unbranched alkanes of at least 4 members (excludes halogenated alkanes) is 1. The summed E-state index contributed by atoms with van der Waals surface area (Å²) in [6, 6.07) is 18.9. The highest BCUT2D eigenvalue weighted by molar-refractivity contribution is 7.86. The van der Waals surface area contributed by atoms with Crippen LogP contribution in [0, 0.1) is 0 Å². The molecule has 0 radical (unpaired) electrons. The molecule has 1 heterocycles. The minimum Gasteiger partial charge on any atom is -0.481 e. The van der Waals surface area contributed by atoms with E-state index in [1.54, 1.807) is 30.3 Å². The quantitative estimate of drug-likeness (QED) is 0.0958. The molecule has 13 heteroatoms. The molecule has 0 saturated heterocycles. The van der Waals surface area contributed by atoms with Crippen LogP contribution in [0.2, 0.25) is 13.1 Å². The Balaban J connectivity index is 1.54. The summed E-state index contributed by atoms with van der Waals surface area (Å²) in [5.41, 5.74) is 6.73. The van der Waals surface area contributed by atoms with E-state index in [4.69, 9.17) is 0 Å². The van der Waals surface area contributed by atoms with Crippen LogP contribution in [0.25, 0.3) is 5.57 Å². The van der Waals surface area contributed by atoms with Crippen LogP contribution in [-0.4, -0.2) is 69.5 Å². The molecule has 1 aliphatic heterocycles. The Kier molecular flexibility index (Phi) is 10.3. The van der Waals surface area contributed by atoms with Crippen molar-refractivity contribution < 1.29 is 40.4 Å². The van der Waals surface area contributed by atoms with Crippen molar-refractivity contribution in [2.75, 3.05) is 19.0 Å². The number of allylic oxidation sites excluding steroid dienone is 6. The van der Waals surface area contributed by atoms with Crippen LogP contribution in [0.3, 0.4) is 0 Å². The summed E-state index contributed by atoms with van der Waals surface area (Å²) >= 11 is 0. The van der Waals surface area contributed by atoms with Crippen molar-refractivity contribution in [1.29, 1.82) is 0 Å². The number of carboxylic acids is 1. The highest BCUT2D eigenvalue weighted by Gasteiger charge is 2.40. The maximum atomic E-state index is 12.0. The average Bonchev–Trinajstić information content (AvgIpc) is 3.03. The van der Waals surface area contributed by atoms with Crippen molar-refractivity contribution in [3.05, 3.63) is 112 Å². The second-order valence-electron chi connectivity index (χ2n) is 13.1. The predicted molar refractivity (Wildman–Crippen MR) is 193 cm³/mol. The maximum absolute atomic E-state index is 12.0. The van der Waals surface area contributed by atoms with Gasteiger partial charge in [-0.25, -0.2) is 4.58 Å². The third-order valence-corrected chi connectivity index (χ3v) is 14.6. The first-order valence-electron chi connectivity index (χ1n) is 15.9. The number of rotatable bonds is 12. The van der Waals surface area contributed by atoms with Crippen molar-refractivity contribution in [3.8, 4) is 0 Å². The molecule has 1 aliphatic carbocycles. The number of fused-ring (bicyclic) bond motifs is 2. The van der Waals surface area contributed by atoms with E-state index in [1.165, 1.54) is 34.2 Å². The maximum Gasteiger partial charge on any atom is 0.303 e. The summed E-state index contributed by atoms with van der Waals surface area (Å²) in [5, 5.41) is 11.7. The molecule has 0 unspecified atom stereocenters. The molecule has 49 heavy (non-hydrogen) atoms. The van der Waals surface area contributed by atoms with E-state index < -0.39 is 34.3 Å². The van der Waals surface area contributed by atoms with E-state index in [0.717, 1.165) is 34.5 Å². The van der Waals surface area contributed by atoms with Gasteiger partial charge in [0.2, 0.25) is 0 Å². The molecule has 0 spiro atoms. The molecule has 3 N–H and O–H groups in total. The minimum absolute atomic E-state index is 0.108. The predicted octanol–water partition coefficient (Wildman–Crippen LogP) is 5.46. The topological polar surface area (TPSA) is 152 Å². The second-order valence-corrected chi connectivity index (χ2v) is 20.2. The zero-order chi connectivity index (χ0) is 35.7. The van der Waals surface area contributed by atoms with Crippen molar-refractivity contribution >= 4 is 56.4 Å². The lowest BCUT2D eigenvalue weighted by molar-refractivity contribution is -0.512. The number of anilines is 1. The SMILES string of the molecule is CN(Cc1ccccc1S(=O)(=O)O)c1ccc2c(c1)[Si](C)(C)C1=CC(=[N+](C)Cc3ccc(S(=O)(=O)O)cc3)C=CC1=C2CCCCC(=O)O. The number of hydrogen-bond donors (Lipinski definition) is 3. The summed E-state index contributed by atoms with van der Waals surface area (Å²) in [6.45, 7) is 5.39. The highest BCUT2D eigenvalue weighted by atomic mass is 32.2.